The minimum absolute atomic E-state index is 0.637. The smallest absolute Gasteiger partial charge is 0.189 e. The van der Waals surface area contributed by atoms with Crippen LogP contribution in [0.25, 0.3) is 109 Å². The number of fused-ring (bicyclic) bond motifs is 10. The van der Waals surface area contributed by atoms with E-state index in [0.29, 0.717) is 5.69 Å². The molecule has 0 aliphatic rings. The Bertz CT molecular complexity index is 3350. The maximum atomic E-state index is 7.66. The molecule has 0 bridgehead atoms. The van der Waals surface area contributed by atoms with E-state index in [-0.39, 0.29) is 0 Å². The SMILES string of the molecule is [C-]#[N+]c1ccc2c3cc(-c4ccc(-c5cc6c(-c7ccccc7)nc7c8ccccc8ccc7c6c6ccccc56)cc4)ccc3n(-c3ccccc3)c2c1. The van der Waals surface area contributed by atoms with Gasteiger partial charge in [-0.05, 0) is 74.8 Å². The maximum absolute atomic E-state index is 7.66. The Balaban J connectivity index is 1.10. The molecule has 0 amide bonds. The fourth-order valence-corrected chi connectivity index (χ4v) is 8.61. The number of aromatic nitrogens is 2. The molecule has 0 unspecified atom stereocenters. The van der Waals surface area contributed by atoms with Gasteiger partial charge < -0.3 is 4.57 Å². The van der Waals surface area contributed by atoms with Gasteiger partial charge in [0.1, 0.15) is 0 Å². The molecule has 0 saturated heterocycles. The van der Waals surface area contributed by atoms with Gasteiger partial charge in [-0.2, -0.15) is 0 Å². The normalized spacial score (nSPS) is 11.6. The highest BCUT2D eigenvalue weighted by molar-refractivity contribution is 6.28. The lowest BCUT2D eigenvalue weighted by Crippen LogP contribution is -1.94. The molecule has 0 spiro atoms. The van der Waals surface area contributed by atoms with E-state index in [4.69, 9.17) is 11.6 Å². The van der Waals surface area contributed by atoms with Crippen LogP contribution in [-0.2, 0) is 0 Å². The topological polar surface area (TPSA) is 22.2 Å². The Morgan fingerprint density at radius 3 is 1.89 bits per heavy atom. The molecular weight excluding hydrogens is 667 g/mol. The molecular formula is C52H31N3. The lowest BCUT2D eigenvalue weighted by molar-refractivity contribution is 1.18. The van der Waals surface area contributed by atoms with Crippen molar-refractivity contribution in [3.05, 3.63) is 199 Å². The third-order valence-electron chi connectivity index (χ3n) is 11.2. The minimum Gasteiger partial charge on any atom is -0.311 e. The van der Waals surface area contributed by atoms with E-state index < -0.39 is 0 Å². The third-order valence-corrected chi connectivity index (χ3v) is 11.2. The maximum Gasteiger partial charge on any atom is 0.189 e. The molecule has 0 saturated carbocycles. The van der Waals surface area contributed by atoms with E-state index in [9.17, 15) is 0 Å². The molecule has 3 nitrogen and oxygen atoms in total. The van der Waals surface area contributed by atoms with Gasteiger partial charge in [-0.3, -0.25) is 0 Å². The van der Waals surface area contributed by atoms with Gasteiger partial charge in [-0.15, -0.1) is 0 Å². The molecule has 55 heavy (non-hydrogen) atoms. The van der Waals surface area contributed by atoms with Gasteiger partial charge in [0, 0.05) is 49.1 Å². The molecule has 3 heteroatoms. The Morgan fingerprint density at radius 1 is 0.418 bits per heavy atom. The van der Waals surface area contributed by atoms with Crippen LogP contribution in [-0.4, -0.2) is 9.55 Å². The first-order chi connectivity index (χ1) is 27.2. The van der Waals surface area contributed by atoms with Crippen molar-refractivity contribution < 1.29 is 0 Å². The van der Waals surface area contributed by atoms with Crippen LogP contribution in [0.5, 0.6) is 0 Å². The zero-order chi connectivity index (χ0) is 36.5. The van der Waals surface area contributed by atoms with Gasteiger partial charge in [-0.1, -0.05) is 152 Å². The van der Waals surface area contributed by atoms with Crippen LogP contribution in [0.1, 0.15) is 0 Å². The second kappa shape index (κ2) is 12.3. The van der Waals surface area contributed by atoms with Crippen LogP contribution in [0, 0.1) is 6.57 Å². The van der Waals surface area contributed by atoms with Crippen molar-refractivity contribution >= 4 is 70.7 Å². The second-order valence-corrected chi connectivity index (χ2v) is 14.2. The number of hydrogen-bond donors (Lipinski definition) is 0. The zero-order valence-electron chi connectivity index (χ0n) is 29.7. The van der Waals surface area contributed by atoms with Crippen LogP contribution in [0.4, 0.5) is 5.69 Å². The summed E-state index contributed by atoms with van der Waals surface area (Å²) in [6, 6.07) is 66.9. The summed E-state index contributed by atoms with van der Waals surface area (Å²) in [4.78, 5) is 9.20. The van der Waals surface area contributed by atoms with E-state index >= 15 is 0 Å². The van der Waals surface area contributed by atoms with E-state index in [1.165, 1.54) is 43.3 Å². The summed E-state index contributed by atoms with van der Waals surface area (Å²) in [5.74, 6) is 0. The number of rotatable bonds is 4. The first-order valence-electron chi connectivity index (χ1n) is 18.6. The van der Waals surface area contributed by atoms with Crippen LogP contribution >= 0.6 is 0 Å². The molecule has 0 aliphatic heterocycles. The van der Waals surface area contributed by atoms with E-state index in [1.807, 2.05) is 18.2 Å². The van der Waals surface area contributed by atoms with Crippen molar-refractivity contribution in [2.24, 2.45) is 0 Å². The molecule has 254 valence electrons. The van der Waals surface area contributed by atoms with Crippen LogP contribution in [0.3, 0.4) is 0 Å². The number of pyridine rings is 1. The first-order valence-corrected chi connectivity index (χ1v) is 18.6. The highest BCUT2D eigenvalue weighted by Gasteiger charge is 2.19. The van der Waals surface area contributed by atoms with Crippen molar-refractivity contribution in [1.82, 2.24) is 9.55 Å². The highest BCUT2D eigenvalue weighted by atomic mass is 15.0. The summed E-state index contributed by atoms with van der Waals surface area (Å²) in [6.45, 7) is 7.66. The van der Waals surface area contributed by atoms with Gasteiger partial charge in [0.25, 0.3) is 0 Å². The summed E-state index contributed by atoms with van der Waals surface area (Å²) < 4.78 is 2.27. The quantitative estimate of drug-likeness (QED) is 0.133. The summed E-state index contributed by atoms with van der Waals surface area (Å²) in [7, 11) is 0. The Hall–Kier alpha value is -7.54. The van der Waals surface area contributed by atoms with Gasteiger partial charge in [0.2, 0.25) is 0 Å². The van der Waals surface area contributed by atoms with Crippen molar-refractivity contribution in [2.45, 2.75) is 0 Å². The van der Waals surface area contributed by atoms with Crippen LogP contribution in [0.15, 0.2) is 188 Å². The molecule has 0 N–H and O–H groups in total. The van der Waals surface area contributed by atoms with Gasteiger partial charge in [0.15, 0.2) is 5.69 Å². The molecule has 11 rings (SSSR count). The lowest BCUT2D eigenvalue weighted by Gasteiger charge is -2.17. The standard InChI is InChI=1S/C52H31N3/c1-53-38-26-28-42-46-30-37(25-29-48(46)55(49(42)31-38)39-15-6-3-7-16-39)33-20-22-35(23-21-33)45-32-47-50(43-19-11-10-18-41(43)45)44-27-24-34-12-8-9-17-40(34)52(44)54-51(47)36-13-4-2-5-14-36/h2-32H. The van der Waals surface area contributed by atoms with E-state index in [1.54, 1.807) is 0 Å². The number of hydrogen-bond acceptors (Lipinski definition) is 1. The summed E-state index contributed by atoms with van der Waals surface area (Å²) in [5, 5.41) is 10.6. The zero-order valence-corrected chi connectivity index (χ0v) is 29.7. The van der Waals surface area contributed by atoms with Crippen molar-refractivity contribution in [1.29, 1.82) is 0 Å². The molecule has 0 fully saturated rings. The molecule has 11 aromatic rings. The minimum atomic E-state index is 0.637. The summed E-state index contributed by atoms with van der Waals surface area (Å²) >= 11 is 0. The Morgan fingerprint density at radius 2 is 1.09 bits per heavy atom. The average Bonchev–Trinajstić information content (AvgIpc) is 3.59. The monoisotopic (exact) mass is 697 g/mol. The summed E-state index contributed by atoms with van der Waals surface area (Å²) in [6.07, 6.45) is 0. The molecule has 0 radical (unpaired) electrons. The Kier molecular flexibility index (Phi) is 6.92. The number of benzene rings is 9. The van der Waals surface area contributed by atoms with Gasteiger partial charge >= 0.3 is 0 Å². The van der Waals surface area contributed by atoms with Gasteiger partial charge in [0.05, 0.1) is 23.3 Å². The number of para-hydroxylation sites is 1. The molecule has 2 heterocycles. The molecule has 0 atom stereocenters. The Labute approximate surface area is 317 Å². The van der Waals surface area contributed by atoms with Crippen LogP contribution in [0.2, 0.25) is 0 Å². The van der Waals surface area contributed by atoms with Crippen molar-refractivity contribution in [3.63, 3.8) is 0 Å². The molecule has 0 aliphatic carbocycles. The fraction of sp³-hybridized carbons (Fsp3) is 0. The average molecular weight is 698 g/mol. The molecule has 9 aromatic carbocycles. The van der Waals surface area contributed by atoms with E-state index in [2.05, 4.69) is 179 Å². The second-order valence-electron chi connectivity index (χ2n) is 14.2. The molecule has 2 aromatic heterocycles. The van der Waals surface area contributed by atoms with Crippen molar-refractivity contribution in [2.75, 3.05) is 0 Å². The number of nitrogens with zero attached hydrogens (tertiary/aromatic N) is 3. The largest absolute Gasteiger partial charge is 0.311 e. The van der Waals surface area contributed by atoms with Crippen LogP contribution < -0.4 is 0 Å². The highest BCUT2D eigenvalue weighted by Crippen LogP contribution is 2.43. The fourth-order valence-electron chi connectivity index (χ4n) is 8.61. The van der Waals surface area contributed by atoms with Gasteiger partial charge in [-0.25, -0.2) is 9.83 Å². The predicted molar refractivity (Wildman–Crippen MR) is 231 cm³/mol. The summed E-state index contributed by atoms with van der Waals surface area (Å²) in [5.41, 5.74) is 11.7. The predicted octanol–water partition coefficient (Wildman–Crippen LogP) is 14.3. The first kappa shape index (κ1) is 31.0. The third kappa shape index (κ3) is 4.86. The van der Waals surface area contributed by atoms with Crippen molar-refractivity contribution in [3.8, 4) is 39.2 Å². The van der Waals surface area contributed by atoms with E-state index in [0.717, 1.165) is 61.0 Å². The lowest BCUT2D eigenvalue weighted by atomic mass is 9.89.